The SMILES string of the molecule is Cn1cc(CC(O)c2ccc(Cl)cc2Cl)cn1. The Morgan fingerprint density at radius 3 is 2.76 bits per heavy atom. The molecule has 0 amide bonds. The van der Waals surface area contributed by atoms with Gasteiger partial charge in [-0.05, 0) is 23.3 Å². The number of hydrogen-bond acceptors (Lipinski definition) is 2. The monoisotopic (exact) mass is 270 g/mol. The molecule has 0 fully saturated rings. The molecular formula is C12H12Cl2N2O. The van der Waals surface area contributed by atoms with Gasteiger partial charge in [0.05, 0.1) is 12.3 Å². The molecule has 0 spiro atoms. The largest absolute Gasteiger partial charge is 0.388 e. The van der Waals surface area contributed by atoms with E-state index < -0.39 is 6.10 Å². The van der Waals surface area contributed by atoms with Gasteiger partial charge < -0.3 is 5.11 Å². The third-order valence-corrected chi connectivity index (χ3v) is 3.07. The molecule has 1 N–H and O–H groups in total. The van der Waals surface area contributed by atoms with Gasteiger partial charge in [-0.1, -0.05) is 29.3 Å². The maximum absolute atomic E-state index is 10.1. The normalized spacial score (nSPS) is 12.7. The van der Waals surface area contributed by atoms with Crippen molar-refractivity contribution in [2.24, 2.45) is 7.05 Å². The molecule has 1 aromatic carbocycles. The van der Waals surface area contributed by atoms with Crippen LogP contribution in [-0.2, 0) is 13.5 Å². The maximum atomic E-state index is 10.1. The Labute approximate surface area is 110 Å². The second kappa shape index (κ2) is 5.08. The van der Waals surface area contributed by atoms with Gasteiger partial charge in [-0.25, -0.2) is 0 Å². The Bertz CT molecular complexity index is 525. The van der Waals surface area contributed by atoms with Crippen LogP contribution in [0, 0.1) is 0 Å². The molecule has 17 heavy (non-hydrogen) atoms. The van der Waals surface area contributed by atoms with E-state index in [9.17, 15) is 5.11 Å². The number of rotatable bonds is 3. The minimum absolute atomic E-state index is 0.480. The molecule has 0 aliphatic carbocycles. The average Bonchev–Trinajstić information content (AvgIpc) is 2.63. The molecule has 90 valence electrons. The number of halogens is 2. The van der Waals surface area contributed by atoms with Gasteiger partial charge in [-0.3, -0.25) is 4.68 Å². The minimum Gasteiger partial charge on any atom is -0.388 e. The molecule has 2 rings (SSSR count). The summed E-state index contributed by atoms with van der Waals surface area (Å²) >= 11 is 11.8. The number of aromatic nitrogens is 2. The molecule has 0 aliphatic rings. The van der Waals surface area contributed by atoms with Crippen molar-refractivity contribution in [1.82, 2.24) is 9.78 Å². The van der Waals surface area contributed by atoms with E-state index in [-0.39, 0.29) is 0 Å². The molecule has 0 radical (unpaired) electrons. The first-order valence-corrected chi connectivity index (χ1v) is 5.92. The highest BCUT2D eigenvalue weighted by Crippen LogP contribution is 2.28. The zero-order valence-electron chi connectivity index (χ0n) is 9.27. The van der Waals surface area contributed by atoms with Crippen LogP contribution in [0.5, 0.6) is 0 Å². The second-order valence-electron chi connectivity index (χ2n) is 3.91. The maximum Gasteiger partial charge on any atom is 0.0845 e. The van der Waals surface area contributed by atoms with Crippen molar-refractivity contribution in [3.05, 3.63) is 51.8 Å². The molecule has 1 atom stereocenters. The quantitative estimate of drug-likeness (QED) is 0.931. The van der Waals surface area contributed by atoms with Crippen LogP contribution in [0.15, 0.2) is 30.6 Å². The molecule has 0 saturated carbocycles. The Balaban J connectivity index is 2.17. The molecule has 0 aliphatic heterocycles. The number of benzene rings is 1. The number of aryl methyl sites for hydroxylation is 1. The summed E-state index contributed by atoms with van der Waals surface area (Å²) in [7, 11) is 1.84. The summed E-state index contributed by atoms with van der Waals surface area (Å²) in [4.78, 5) is 0. The van der Waals surface area contributed by atoms with Gasteiger partial charge in [-0.15, -0.1) is 0 Å². The summed E-state index contributed by atoms with van der Waals surface area (Å²) in [6.07, 6.45) is 3.43. The van der Waals surface area contributed by atoms with E-state index in [4.69, 9.17) is 23.2 Å². The zero-order chi connectivity index (χ0) is 12.4. The summed E-state index contributed by atoms with van der Waals surface area (Å²) in [5.41, 5.74) is 1.64. The van der Waals surface area contributed by atoms with Crippen molar-refractivity contribution in [2.75, 3.05) is 0 Å². The van der Waals surface area contributed by atoms with Gasteiger partial charge >= 0.3 is 0 Å². The van der Waals surface area contributed by atoms with E-state index in [1.165, 1.54) is 0 Å². The van der Waals surface area contributed by atoms with Crippen LogP contribution in [0.4, 0.5) is 0 Å². The fourth-order valence-corrected chi connectivity index (χ4v) is 2.22. The van der Waals surface area contributed by atoms with Crippen LogP contribution in [0.3, 0.4) is 0 Å². The van der Waals surface area contributed by atoms with E-state index >= 15 is 0 Å². The van der Waals surface area contributed by atoms with Crippen molar-refractivity contribution in [3.8, 4) is 0 Å². The molecule has 2 aromatic rings. The highest BCUT2D eigenvalue weighted by molar-refractivity contribution is 6.35. The summed E-state index contributed by atoms with van der Waals surface area (Å²) in [6.45, 7) is 0. The molecule has 1 unspecified atom stereocenters. The van der Waals surface area contributed by atoms with Crippen molar-refractivity contribution < 1.29 is 5.11 Å². The molecule has 0 saturated heterocycles. The summed E-state index contributed by atoms with van der Waals surface area (Å²) < 4.78 is 1.70. The molecule has 5 heteroatoms. The first kappa shape index (κ1) is 12.4. The Morgan fingerprint density at radius 2 is 2.18 bits per heavy atom. The van der Waals surface area contributed by atoms with Crippen LogP contribution in [0.25, 0.3) is 0 Å². The molecule has 1 aromatic heterocycles. The van der Waals surface area contributed by atoms with Crippen LogP contribution < -0.4 is 0 Å². The predicted molar refractivity (Wildman–Crippen MR) is 68.3 cm³/mol. The summed E-state index contributed by atoms with van der Waals surface area (Å²) in [6, 6.07) is 5.09. The van der Waals surface area contributed by atoms with Gasteiger partial charge in [0, 0.05) is 29.7 Å². The standard InChI is InChI=1S/C12H12Cl2N2O/c1-16-7-8(6-15-16)4-12(17)10-3-2-9(13)5-11(10)14/h2-3,5-7,12,17H,4H2,1H3. The third kappa shape index (κ3) is 3.00. The Kier molecular flexibility index (Phi) is 3.72. The highest BCUT2D eigenvalue weighted by Gasteiger charge is 2.13. The lowest BCUT2D eigenvalue weighted by Gasteiger charge is -2.11. The van der Waals surface area contributed by atoms with Gasteiger partial charge in [0.25, 0.3) is 0 Å². The van der Waals surface area contributed by atoms with E-state index in [0.717, 1.165) is 5.56 Å². The van der Waals surface area contributed by atoms with E-state index in [1.54, 1.807) is 29.1 Å². The van der Waals surface area contributed by atoms with E-state index in [0.29, 0.717) is 22.0 Å². The molecule has 0 bridgehead atoms. The molecule has 1 heterocycles. The summed E-state index contributed by atoms with van der Waals surface area (Å²) in [5.74, 6) is 0. The Hall–Kier alpha value is -1.03. The lowest BCUT2D eigenvalue weighted by atomic mass is 10.0. The van der Waals surface area contributed by atoms with Crippen molar-refractivity contribution >= 4 is 23.2 Å². The lowest BCUT2D eigenvalue weighted by molar-refractivity contribution is 0.178. The topological polar surface area (TPSA) is 38.0 Å². The number of aliphatic hydroxyl groups is 1. The predicted octanol–water partition coefficient (Wildman–Crippen LogP) is 3.00. The van der Waals surface area contributed by atoms with Gasteiger partial charge in [0.1, 0.15) is 0 Å². The van der Waals surface area contributed by atoms with Crippen LogP contribution in [0.1, 0.15) is 17.2 Å². The van der Waals surface area contributed by atoms with Gasteiger partial charge in [-0.2, -0.15) is 5.10 Å². The zero-order valence-corrected chi connectivity index (χ0v) is 10.8. The first-order valence-electron chi connectivity index (χ1n) is 5.17. The Morgan fingerprint density at radius 1 is 1.41 bits per heavy atom. The van der Waals surface area contributed by atoms with Crippen molar-refractivity contribution in [2.45, 2.75) is 12.5 Å². The van der Waals surface area contributed by atoms with Crippen LogP contribution in [-0.4, -0.2) is 14.9 Å². The number of aliphatic hydroxyl groups excluding tert-OH is 1. The van der Waals surface area contributed by atoms with Crippen LogP contribution in [0.2, 0.25) is 10.0 Å². The average molecular weight is 271 g/mol. The highest BCUT2D eigenvalue weighted by atomic mass is 35.5. The second-order valence-corrected chi connectivity index (χ2v) is 4.75. The lowest BCUT2D eigenvalue weighted by Crippen LogP contribution is -2.02. The van der Waals surface area contributed by atoms with E-state index in [2.05, 4.69) is 5.10 Å². The fourth-order valence-electron chi connectivity index (χ4n) is 1.68. The smallest absolute Gasteiger partial charge is 0.0845 e. The van der Waals surface area contributed by atoms with E-state index in [1.807, 2.05) is 13.2 Å². The van der Waals surface area contributed by atoms with Crippen molar-refractivity contribution in [1.29, 1.82) is 0 Å². The van der Waals surface area contributed by atoms with Gasteiger partial charge in [0.2, 0.25) is 0 Å². The fraction of sp³-hybridized carbons (Fsp3) is 0.250. The molecular weight excluding hydrogens is 259 g/mol. The van der Waals surface area contributed by atoms with Crippen LogP contribution >= 0.6 is 23.2 Å². The number of nitrogens with zero attached hydrogens (tertiary/aromatic N) is 2. The van der Waals surface area contributed by atoms with Gasteiger partial charge in [0.15, 0.2) is 0 Å². The summed E-state index contributed by atoms with van der Waals surface area (Å²) in [5, 5.41) is 15.2. The minimum atomic E-state index is -0.649. The molecule has 3 nitrogen and oxygen atoms in total. The first-order chi connectivity index (χ1) is 8.06. The third-order valence-electron chi connectivity index (χ3n) is 2.51. The number of hydrogen-bond donors (Lipinski definition) is 1. The van der Waals surface area contributed by atoms with Crippen molar-refractivity contribution in [3.63, 3.8) is 0 Å².